The second kappa shape index (κ2) is 9.49. The molecule has 1 saturated heterocycles. The second-order valence-electron chi connectivity index (χ2n) is 8.60. The van der Waals surface area contributed by atoms with Crippen LogP contribution in [0.15, 0.2) is 24.3 Å². The van der Waals surface area contributed by atoms with E-state index in [2.05, 4.69) is 4.90 Å². The molecule has 2 aromatic rings. The van der Waals surface area contributed by atoms with Crippen LogP contribution in [0.3, 0.4) is 0 Å². The third-order valence-electron chi connectivity index (χ3n) is 6.55. The van der Waals surface area contributed by atoms with Gasteiger partial charge in [0.25, 0.3) is 0 Å². The van der Waals surface area contributed by atoms with Gasteiger partial charge in [-0.1, -0.05) is 17.7 Å². The molecular formula is C24H29ClN4O4. The normalized spacial score (nSPS) is 17.2. The minimum absolute atomic E-state index is 0.276. The molecule has 1 fully saturated rings. The topological polar surface area (TPSA) is 134 Å². The van der Waals surface area contributed by atoms with E-state index in [1.54, 1.807) is 12.1 Å². The number of esters is 1. The number of hydrogen-bond acceptors (Lipinski definition) is 8. The highest BCUT2D eigenvalue weighted by Crippen LogP contribution is 2.43. The van der Waals surface area contributed by atoms with Crippen LogP contribution in [0.5, 0.6) is 5.75 Å². The minimum atomic E-state index is -0.876. The molecule has 4 rings (SSSR count). The zero-order valence-corrected chi connectivity index (χ0v) is 19.2. The summed E-state index contributed by atoms with van der Waals surface area (Å²) in [5, 5.41) is 0.307. The number of halogens is 1. The average molecular weight is 473 g/mol. The summed E-state index contributed by atoms with van der Waals surface area (Å²) in [6, 6.07) is 6.89. The summed E-state index contributed by atoms with van der Waals surface area (Å²) < 4.78 is 12.0. The van der Waals surface area contributed by atoms with Crippen molar-refractivity contribution in [1.29, 1.82) is 0 Å². The summed E-state index contributed by atoms with van der Waals surface area (Å²) in [7, 11) is 0. The molecule has 0 unspecified atom stereocenters. The van der Waals surface area contributed by atoms with Gasteiger partial charge in [0.2, 0.25) is 0 Å². The van der Waals surface area contributed by atoms with Crippen LogP contribution in [0.25, 0.3) is 0 Å². The Morgan fingerprint density at radius 1 is 1.18 bits per heavy atom. The van der Waals surface area contributed by atoms with Crippen LogP contribution >= 0.6 is 11.6 Å². The zero-order valence-electron chi connectivity index (χ0n) is 18.4. The van der Waals surface area contributed by atoms with Crippen molar-refractivity contribution in [3.63, 3.8) is 0 Å². The fourth-order valence-corrected chi connectivity index (χ4v) is 4.82. The van der Waals surface area contributed by atoms with E-state index in [4.69, 9.17) is 38.3 Å². The number of unbranched alkanes of at least 4 members (excludes halogenated alkanes) is 1. The summed E-state index contributed by atoms with van der Waals surface area (Å²) in [6.45, 7) is 2.69. The molecule has 0 aliphatic carbocycles. The number of fused-ring (bicyclic) bond motifs is 1. The molecule has 8 nitrogen and oxygen atoms in total. The first-order valence-electron chi connectivity index (χ1n) is 11.1. The van der Waals surface area contributed by atoms with Gasteiger partial charge in [-0.15, -0.1) is 0 Å². The third kappa shape index (κ3) is 4.58. The van der Waals surface area contributed by atoms with E-state index in [1.807, 2.05) is 6.07 Å². The van der Waals surface area contributed by atoms with Gasteiger partial charge in [-0.3, -0.25) is 0 Å². The predicted octanol–water partition coefficient (Wildman–Crippen LogP) is 3.15. The Hall–Kier alpha value is -2.97. The number of nitrogens with two attached hydrogens (primary N) is 3. The van der Waals surface area contributed by atoms with Crippen molar-refractivity contribution in [2.75, 3.05) is 43.4 Å². The molecule has 9 heteroatoms. The van der Waals surface area contributed by atoms with E-state index < -0.39 is 11.6 Å². The Bertz CT molecular complexity index is 1070. The molecule has 33 heavy (non-hydrogen) atoms. The number of carbonyl (C=O) groups is 2. The van der Waals surface area contributed by atoms with E-state index in [-0.39, 0.29) is 5.56 Å². The predicted molar refractivity (Wildman–Crippen MR) is 128 cm³/mol. The van der Waals surface area contributed by atoms with Gasteiger partial charge >= 0.3 is 5.97 Å². The fraction of sp³-hybridized carbons (Fsp3) is 0.417. The highest BCUT2D eigenvalue weighted by Gasteiger charge is 2.41. The highest BCUT2D eigenvalue weighted by atomic mass is 35.5. The molecule has 2 aliphatic heterocycles. The van der Waals surface area contributed by atoms with Crippen molar-refractivity contribution < 1.29 is 19.1 Å². The smallest absolute Gasteiger partial charge is 0.342 e. The molecule has 0 atom stereocenters. The van der Waals surface area contributed by atoms with Gasteiger partial charge in [0.15, 0.2) is 0 Å². The first kappa shape index (κ1) is 23.2. The fourth-order valence-electron chi connectivity index (χ4n) is 4.60. The second-order valence-corrected chi connectivity index (χ2v) is 9.01. The third-order valence-corrected chi connectivity index (χ3v) is 6.86. The molecule has 176 valence electrons. The maximum atomic E-state index is 13.4. The number of ether oxygens (including phenoxy) is 2. The lowest BCUT2D eigenvalue weighted by Crippen LogP contribution is -2.45. The summed E-state index contributed by atoms with van der Waals surface area (Å²) >= 11 is 6.30. The average Bonchev–Trinajstić information content (AvgIpc) is 3.29. The number of hydrogen-bond donors (Lipinski definition) is 3. The van der Waals surface area contributed by atoms with E-state index >= 15 is 0 Å². The Kier molecular flexibility index (Phi) is 6.67. The van der Waals surface area contributed by atoms with Gasteiger partial charge in [0.05, 0.1) is 28.7 Å². The van der Waals surface area contributed by atoms with Crippen molar-refractivity contribution in [3.8, 4) is 5.75 Å². The summed E-state index contributed by atoms with van der Waals surface area (Å²) in [4.78, 5) is 26.4. The number of rotatable bonds is 7. The van der Waals surface area contributed by atoms with E-state index in [0.717, 1.165) is 30.4 Å². The Morgan fingerprint density at radius 3 is 2.64 bits per heavy atom. The van der Waals surface area contributed by atoms with Crippen LogP contribution in [-0.4, -0.2) is 43.4 Å². The number of nitrogens with zero attached hydrogens (tertiary/aromatic N) is 1. The van der Waals surface area contributed by atoms with E-state index in [0.29, 0.717) is 73.2 Å². The number of carbonyl (C=O) groups excluding carboxylic acids is 2. The largest absolute Gasteiger partial charge is 0.492 e. The zero-order chi connectivity index (χ0) is 23.6. The molecule has 0 bridgehead atoms. The van der Waals surface area contributed by atoms with Gasteiger partial charge in [-0.05, 0) is 36.7 Å². The molecular weight excluding hydrogens is 444 g/mol. The first-order valence-corrected chi connectivity index (χ1v) is 11.5. The van der Waals surface area contributed by atoms with Crippen LogP contribution in [0, 0.1) is 0 Å². The Labute approximate surface area is 197 Å². The number of piperidine rings is 1. The number of nitrogen functional groups attached to an aromatic ring is 3. The standard InChI is InChI=1S/C24H29ClN4O4/c25-18-14-17(22-16(21(18)28)5-12-32-22)23(31)33-24(15-3-4-19(26)20(27)13-15)6-9-29(10-7-24)8-1-2-11-30/h3-4,11,13-14H,1-2,5-10,12,26-28H2. The summed E-state index contributed by atoms with van der Waals surface area (Å²) in [6.07, 6.45) is 4.03. The Balaban J connectivity index is 1.63. The number of benzene rings is 2. The minimum Gasteiger partial charge on any atom is -0.492 e. The Morgan fingerprint density at radius 2 is 1.94 bits per heavy atom. The van der Waals surface area contributed by atoms with E-state index in [1.165, 1.54) is 6.07 Å². The number of aldehydes is 1. The monoisotopic (exact) mass is 472 g/mol. The molecule has 2 heterocycles. The maximum Gasteiger partial charge on any atom is 0.342 e. The van der Waals surface area contributed by atoms with Gasteiger partial charge in [-0.2, -0.15) is 0 Å². The van der Waals surface area contributed by atoms with Crippen LogP contribution in [-0.2, 0) is 21.6 Å². The SMILES string of the molecule is Nc1ccc(C2(OC(=O)c3cc(Cl)c(N)c4c3OCC4)CCN(CCCC=O)CC2)cc1N. The van der Waals surface area contributed by atoms with Gasteiger partial charge in [-0.25, -0.2) is 4.79 Å². The lowest BCUT2D eigenvalue weighted by atomic mass is 9.83. The first-order chi connectivity index (χ1) is 15.8. The molecule has 6 N–H and O–H groups in total. The van der Waals surface area contributed by atoms with Crippen molar-refractivity contribution in [1.82, 2.24) is 4.90 Å². The molecule has 0 spiro atoms. The van der Waals surface area contributed by atoms with Crippen LogP contribution < -0.4 is 21.9 Å². The summed E-state index contributed by atoms with van der Waals surface area (Å²) in [5.74, 6) is -0.0694. The van der Waals surface area contributed by atoms with Crippen molar-refractivity contribution in [3.05, 3.63) is 46.0 Å². The van der Waals surface area contributed by atoms with Crippen LogP contribution in [0.1, 0.15) is 47.2 Å². The molecule has 2 aliphatic rings. The lowest BCUT2D eigenvalue weighted by Gasteiger charge is -2.41. The molecule has 2 aromatic carbocycles. The molecule has 0 aromatic heterocycles. The van der Waals surface area contributed by atoms with Crippen molar-refractivity contribution in [2.24, 2.45) is 0 Å². The highest BCUT2D eigenvalue weighted by molar-refractivity contribution is 6.33. The van der Waals surface area contributed by atoms with E-state index in [9.17, 15) is 9.59 Å². The number of likely N-dealkylation sites (tertiary alicyclic amines) is 1. The van der Waals surface area contributed by atoms with Gasteiger partial charge in [0, 0.05) is 44.3 Å². The number of anilines is 3. The molecule has 0 saturated carbocycles. The van der Waals surface area contributed by atoms with Crippen molar-refractivity contribution in [2.45, 2.75) is 37.7 Å². The van der Waals surface area contributed by atoms with Gasteiger partial charge in [0.1, 0.15) is 23.2 Å². The van der Waals surface area contributed by atoms with Gasteiger partial charge < -0.3 is 36.4 Å². The maximum absolute atomic E-state index is 13.4. The molecule has 0 amide bonds. The lowest BCUT2D eigenvalue weighted by molar-refractivity contribution is -0.108. The van der Waals surface area contributed by atoms with Crippen LogP contribution in [0.2, 0.25) is 5.02 Å². The molecule has 0 radical (unpaired) electrons. The quantitative estimate of drug-likeness (QED) is 0.242. The summed E-state index contributed by atoms with van der Waals surface area (Å²) in [5.41, 5.74) is 20.4. The van der Waals surface area contributed by atoms with Crippen molar-refractivity contribution >= 4 is 40.9 Å². The van der Waals surface area contributed by atoms with Crippen LogP contribution in [0.4, 0.5) is 17.1 Å².